The van der Waals surface area contributed by atoms with Crippen molar-refractivity contribution in [1.29, 1.82) is 0 Å². The molecule has 1 amide bonds. The van der Waals surface area contributed by atoms with Crippen LogP contribution in [-0.2, 0) is 14.8 Å². The van der Waals surface area contributed by atoms with Crippen LogP contribution in [0.15, 0.2) is 23.1 Å². The van der Waals surface area contributed by atoms with E-state index in [0.717, 1.165) is 0 Å². The lowest BCUT2D eigenvalue weighted by Crippen LogP contribution is -2.55. The molecule has 0 aliphatic carbocycles. The van der Waals surface area contributed by atoms with E-state index in [1.54, 1.807) is 26.0 Å². The summed E-state index contributed by atoms with van der Waals surface area (Å²) in [6, 6.07) is 3.95. The van der Waals surface area contributed by atoms with Gasteiger partial charge in [0, 0.05) is 18.8 Å². The van der Waals surface area contributed by atoms with Crippen LogP contribution in [-0.4, -0.2) is 37.8 Å². The Balaban J connectivity index is 2.44. The molecule has 1 aliphatic heterocycles. The summed E-state index contributed by atoms with van der Waals surface area (Å²) in [7, 11) is -3.67. The Hall–Kier alpha value is -1.60. The summed E-state index contributed by atoms with van der Waals surface area (Å²) < 4.78 is 26.4. The number of nitrogens with two attached hydrogens (primary N) is 1. The molecule has 1 aliphatic rings. The van der Waals surface area contributed by atoms with Gasteiger partial charge >= 0.3 is 0 Å². The molecule has 1 unspecified atom stereocenters. The summed E-state index contributed by atoms with van der Waals surface area (Å²) >= 11 is 0. The first kappa shape index (κ1) is 13.8. The Kier molecular flexibility index (Phi) is 3.51. The van der Waals surface area contributed by atoms with E-state index in [2.05, 4.69) is 5.32 Å². The fourth-order valence-electron chi connectivity index (χ4n) is 2.18. The average molecular weight is 283 g/mol. The first-order valence-corrected chi connectivity index (χ1v) is 7.43. The molecule has 1 saturated heterocycles. The van der Waals surface area contributed by atoms with Gasteiger partial charge in [-0.25, -0.2) is 8.42 Å². The number of sulfonamides is 1. The summed E-state index contributed by atoms with van der Waals surface area (Å²) in [5, 5.41) is 2.64. The van der Waals surface area contributed by atoms with Gasteiger partial charge in [0.05, 0.1) is 4.90 Å². The minimum Gasteiger partial charge on any atom is -0.399 e. The second-order valence-electron chi connectivity index (χ2n) is 4.61. The number of nitrogens with one attached hydrogen (secondary N) is 1. The first-order valence-electron chi connectivity index (χ1n) is 5.99. The summed E-state index contributed by atoms with van der Waals surface area (Å²) in [5.74, 6) is -0.275. The molecule has 0 bridgehead atoms. The van der Waals surface area contributed by atoms with Crippen molar-refractivity contribution in [2.45, 2.75) is 24.8 Å². The van der Waals surface area contributed by atoms with Gasteiger partial charge < -0.3 is 11.1 Å². The van der Waals surface area contributed by atoms with Gasteiger partial charge in [-0.2, -0.15) is 4.31 Å². The number of nitrogen functional groups attached to an aromatic ring is 1. The van der Waals surface area contributed by atoms with Crippen LogP contribution < -0.4 is 11.1 Å². The highest BCUT2D eigenvalue weighted by Crippen LogP contribution is 2.24. The topological polar surface area (TPSA) is 92.5 Å². The van der Waals surface area contributed by atoms with Gasteiger partial charge in [0.25, 0.3) is 0 Å². The fraction of sp³-hybridized carbons (Fsp3) is 0.417. The van der Waals surface area contributed by atoms with Crippen LogP contribution in [0.1, 0.15) is 12.5 Å². The molecule has 7 heteroatoms. The van der Waals surface area contributed by atoms with Crippen LogP contribution >= 0.6 is 0 Å². The number of piperazine rings is 1. The second kappa shape index (κ2) is 4.82. The molecular weight excluding hydrogens is 266 g/mol. The lowest BCUT2D eigenvalue weighted by Gasteiger charge is -2.32. The normalized spacial score (nSPS) is 21.2. The van der Waals surface area contributed by atoms with Crippen LogP contribution in [0.3, 0.4) is 0 Å². The van der Waals surface area contributed by atoms with Gasteiger partial charge in [0.2, 0.25) is 15.9 Å². The van der Waals surface area contributed by atoms with Gasteiger partial charge in [0.15, 0.2) is 0 Å². The lowest BCUT2D eigenvalue weighted by atomic mass is 10.2. The van der Waals surface area contributed by atoms with Crippen LogP contribution in [0.2, 0.25) is 0 Å². The maximum Gasteiger partial charge on any atom is 0.244 e. The van der Waals surface area contributed by atoms with E-state index < -0.39 is 16.1 Å². The molecule has 1 heterocycles. The van der Waals surface area contributed by atoms with Crippen molar-refractivity contribution < 1.29 is 13.2 Å². The Morgan fingerprint density at radius 1 is 1.42 bits per heavy atom. The molecule has 0 aromatic heterocycles. The predicted octanol–water partition coefficient (Wildman–Crippen LogP) is 0.0862. The third kappa shape index (κ3) is 2.43. The number of carbonyl (C=O) groups is 1. The average Bonchev–Trinajstić information content (AvgIpc) is 2.31. The van der Waals surface area contributed by atoms with Crippen molar-refractivity contribution >= 4 is 21.6 Å². The molecule has 0 radical (unpaired) electrons. The van der Waals surface area contributed by atoms with Gasteiger partial charge in [-0.15, -0.1) is 0 Å². The molecule has 0 saturated carbocycles. The van der Waals surface area contributed by atoms with Crippen LogP contribution in [0, 0.1) is 6.92 Å². The Morgan fingerprint density at radius 2 is 2.11 bits per heavy atom. The Labute approximate surface area is 112 Å². The molecule has 104 valence electrons. The number of amides is 1. The van der Waals surface area contributed by atoms with Crippen molar-refractivity contribution in [3.8, 4) is 0 Å². The smallest absolute Gasteiger partial charge is 0.244 e. The van der Waals surface area contributed by atoms with E-state index in [0.29, 0.717) is 17.8 Å². The lowest BCUT2D eigenvalue weighted by molar-refractivity contribution is -0.126. The van der Waals surface area contributed by atoms with Gasteiger partial charge in [-0.05, 0) is 37.6 Å². The van der Waals surface area contributed by atoms with Crippen molar-refractivity contribution in [2.24, 2.45) is 0 Å². The number of rotatable bonds is 2. The van der Waals surface area contributed by atoms with E-state index in [1.807, 2.05) is 0 Å². The molecule has 0 spiro atoms. The molecule has 3 N–H and O–H groups in total. The standard InChI is InChI=1S/C12H17N3O3S/c1-8-7-10(13)3-4-11(8)19(17,18)15-6-5-14-12(16)9(15)2/h3-4,7,9H,5-6,13H2,1-2H3,(H,14,16). The zero-order valence-electron chi connectivity index (χ0n) is 10.9. The summed E-state index contributed by atoms with van der Waals surface area (Å²) in [6.07, 6.45) is 0. The molecular formula is C12H17N3O3S. The molecule has 19 heavy (non-hydrogen) atoms. The summed E-state index contributed by atoms with van der Waals surface area (Å²) in [4.78, 5) is 11.8. The number of hydrogen-bond acceptors (Lipinski definition) is 4. The van der Waals surface area contributed by atoms with Gasteiger partial charge in [-0.1, -0.05) is 0 Å². The number of anilines is 1. The van der Waals surface area contributed by atoms with Crippen LogP contribution in [0.5, 0.6) is 0 Å². The van der Waals surface area contributed by atoms with Crippen LogP contribution in [0.25, 0.3) is 0 Å². The number of hydrogen-bond donors (Lipinski definition) is 2. The van der Waals surface area contributed by atoms with Crippen molar-refractivity contribution in [2.75, 3.05) is 18.8 Å². The van der Waals surface area contributed by atoms with Crippen molar-refractivity contribution in [3.63, 3.8) is 0 Å². The van der Waals surface area contributed by atoms with E-state index in [-0.39, 0.29) is 17.3 Å². The molecule has 1 atom stereocenters. The molecule has 1 aromatic rings. The van der Waals surface area contributed by atoms with E-state index in [4.69, 9.17) is 5.73 Å². The highest BCUT2D eigenvalue weighted by atomic mass is 32.2. The molecule has 6 nitrogen and oxygen atoms in total. The zero-order valence-corrected chi connectivity index (χ0v) is 11.7. The first-order chi connectivity index (χ1) is 8.84. The van der Waals surface area contributed by atoms with Crippen LogP contribution in [0.4, 0.5) is 5.69 Å². The number of nitrogens with zero attached hydrogens (tertiary/aromatic N) is 1. The fourth-order valence-corrected chi connectivity index (χ4v) is 3.98. The van der Waals surface area contributed by atoms with E-state index in [1.165, 1.54) is 10.4 Å². The Bertz CT molecular complexity index is 613. The third-order valence-electron chi connectivity index (χ3n) is 3.23. The van der Waals surface area contributed by atoms with E-state index in [9.17, 15) is 13.2 Å². The number of carbonyl (C=O) groups excluding carboxylic acids is 1. The molecule has 1 fully saturated rings. The molecule has 2 rings (SSSR count). The minimum atomic E-state index is -3.67. The maximum absolute atomic E-state index is 12.6. The Morgan fingerprint density at radius 3 is 2.74 bits per heavy atom. The zero-order chi connectivity index (χ0) is 14.2. The highest BCUT2D eigenvalue weighted by Gasteiger charge is 2.36. The monoisotopic (exact) mass is 283 g/mol. The summed E-state index contributed by atoms with van der Waals surface area (Å²) in [6.45, 7) is 3.88. The van der Waals surface area contributed by atoms with Crippen molar-refractivity contribution in [1.82, 2.24) is 9.62 Å². The maximum atomic E-state index is 12.6. The highest BCUT2D eigenvalue weighted by molar-refractivity contribution is 7.89. The summed E-state index contributed by atoms with van der Waals surface area (Å²) in [5.41, 5.74) is 6.72. The largest absolute Gasteiger partial charge is 0.399 e. The molecule has 1 aromatic carbocycles. The number of benzene rings is 1. The SMILES string of the molecule is Cc1cc(N)ccc1S(=O)(=O)N1CCNC(=O)C1C. The third-order valence-corrected chi connectivity index (χ3v) is 5.36. The van der Waals surface area contributed by atoms with Gasteiger partial charge in [0.1, 0.15) is 6.04 Å². The minimum absolute atomic E-state index is 0.197. The number of aryl methyl sites for hydroxylation is 1. The quantitative estimate of drug-likeness (QED) is 0.752. The van der Waals surface area contributed by atoms with E-state index >= 15 is 0 Å². The van der Waals surface area contributed by atoms with Gasteiger partial charge in [-0.3, -0.25) is 4.79 Å². The predicted molar refractivity (Wildman–Crippen MR) is 72.0 cm³/mol. The van der Waals surface area contributed by atoms with Crippen molar-refractivity contribution in [3.05, 3.63) is 23.8 Å². The second-order valence-corrected chi connectivity index (χ2v) is 6.47.